The zero-order chi connectivity index (χ0) is 37.7. The smallest absolute Gasteiger partial charge is 0.246 e. The van der Waals surface area contributed by atoms with Crippen LogP contribution in [-0.4, -0.2) is 65.8 Å². The van der Waals surface area contributed by atoms with E-state index < -0.39 is 41.1 Å². The third-order valence-corrected chi connectivity index (χ3v) is 9.87. The van der Waals surface area contributed by atoms with E-state index in [-0.39, 0.29) is 18.7 Å². The van der Waals surface area contributed by atoms with Gasteiger partial charge in [-0.05, 0) is 71.7 Å². The van der Waals surface area contributed by atoms with Gasteiger partial charge in [-0.15, -0.1) is 0 Å². The van der Waals surface area contributed by atoms with Gasteiger partial charge >= 0.3 is 0 Å². The molecule has 0 spiro atoms. The quantitative estimate of drug-likeness (QED) is 0.117. The Hall–Kier alpha value is -5.15. The van der Waals surface area contributed by atoms with Crippen molar-refractivity contribution in [1.82, 2.24) is 15.1 Å². The molecule has 2 atom stereocenters. The van der Waals surface area contributed by atoms with Crippen molar-refractivity contribution in [2.24, 2.45) is 5.73 Å². The molecule has 0 fully saturated rings. The summed E-state index contributed by atoms with van der Waals surface area (Å²) in [7, 11) is 3.08. The van der Waals surface area contributed by atoms with Gasteiger partial charge in [0.2, 0.25) is 17.7 Å². The summed E-state index contributed by atoms with van der Waals surface area (Å²) in [4.78, 5) is 44.7. The number of rotatable bonds is 17. The van der Waals surface area contributed by atoms with E-state index in [1.807, 2.05) is 98.8 Å². The van der Waals surface area contributed by atoms with Crippen LogP contribution in [0.4, 0.5) is 8.78 Å². The molecule has 0 bridgehead atoms. The predicted octanol–water partition coefficient (Wildman–Crippen LogP) is 6.89. The standard InChI is InChI=1S/C43H50F2N4O3/c1-5-43(46,6-2)26-13-18-40(50)48(3)39(29-32-19-22-35(23-20-32)34-16-11-8-12-17-34)42(52)49(4)38(30-33-21-24-36(44)37(45)28-33)41(51)47-27-25-31-14-9-7-10-15-31/h7-24,28,38-39H,5-6,25-27,29-30,46H2,1-4H3,(H,47,51)/b18-13+/t38-,39-/m1/s1. The van der Waals surface area contributed by atoms with Crippen molar-refractivity contribution in [2.75, 3.05) is 20.6 Å². The molecule has 0 heterocycles. The van der Waals surface area contributed by atoms with Gasteiger partial charge in [-0.25, -0.2) is 8.78 Å². The molecule has 3 amide bonds. The Balaban J connectivity index is 1.63. The molecular formula is C43H50F2N4O3. The number of nitrogens with one attached hydrogen (secondary N) is 1. The van der Waals surface area contributed by atoms with Crippen LogP contribution in [0.1, 0.15) is 49.8 Å². The maximum absolute atomic E-state index is 14.5. The predicted molar refractivity (Wildman–Crippen MR) is 203 cm³/mol. The lowest BCUT2D eigenvalue weighted by Crippen LogP contribution is -2.56. The van der Waals surface area contributed by atoms with Gasteiger partial charge in [0.25, 0.3) is 0 Å². The average molecular weight is 709 g/mol. The van der Waals surface area contributed by atoms with Gasteiger partial charge in [-0.3, -0.25) is 14.4 Å². The van der Waals surface area contributed by atoms with Gasteiger partial charge in [0.05, 0.1) is 0 Å². The molecule has 7 nitrogen and oxygen atoms in total. The summed E-state index contributed by atoms with van der Waals surface area (Å²) in [6.07, 6.45) is 5.85. The fourth-order valence-corrected chi connectivity index (χ4v) is 6.06. The second-order valence-electron chi connectivity index (χ2n) is 13.4. The van der Waals surface area contributed by atoms with Crippen molar-refractivity contribution in [1.29, 1.82) is 0 Å². The monoisotopic (exact) mass is 708 g/mol. The number of carbonyl (C=O) groups is 3. The number of benzene rings is 4. The minimum atomic E-state index is -1.08. The van der Waals surface area contributed by atoms with Crippen LogP contribution in [0.25, 0.3) is 11.1 Å². The van der Waals surface area contributed by atoms with Crippen molar-refractivity contribution < 1.29 is 23.2 Å². The van der Waals surface area contributed by atoms with E-state index in [2.05, 4.69) is 5.32 Å². The summed E-state index contributed by atoms with van der Waals surface area (Å²) in [5.41, 5.74) is 10.3. The first-order chi connectivity index (χ1) is 24.9. The highest BCUT2D eigenvalue weighted by Gasteiger charge is 2.35. The van der Waals surface area contributed by atoms with Gasteiger partial charge in [0, 0.05) is 39.0 Å². The zero-order valence-corrected chi connectivity index (χ0v) is 30.5. The van der Waals surface area contributed by atoms with Crippen molar-refractivity contribution in [3.63, 3.8) is 0 Å². The number of halogens is 2. The summed E-state index contributed by atoms with van der Waals surface area (Å²) in [6.45, 7) is 4.32. The Morgan fingerprint density at radius 1 is 0.731 bits per heavy atom. The number of nitrogens with two attached hydrogens (primary N) is 1. The van der Waals surface area contributed by atoms with Crippen molar-refractivity contribution in [2.45, 2.75) is 70.0 Å². The molecule has 4 aromatic rings. The van der Waals surface area contributed by atoms with Gasteiger partial charge < -0.3 is 20.9 Å². The molecule has 4 aromatic carbocycles. The summed E-state index contributed by atoms with van der Waals surface area (Å²) < 4.78 is 28.1. The largest absolute Gasteiger partial charge is 0.354 e. The SMILES string of the molecule is CCC(N)(CC)C/C=C/C(=O)N(C)[C@H](Cc1ccc(-c2ccccc2)cc1)C(=O)N(C)[C@H](Cc1ccc(F)c(F)c1)C(=O)NCCc1ccccc1. The van der Waals surface area contributed by atoms with Crippen molar-refractivity contribution >= 4 is 17.7 Å². The highest BCUT2D eigenvalue weighted by Crippen LogP contribution is 2.22. The van der Waals surface area contributed by atoms with Gasteiger partial charge in [-0.2, -0.15) is 0 Å². The van der Waals surface area contributed by atoms with Crippen LogP contribution in [0.15, 0.2) is 115 Å². The topological polar surface area (TPSA) is 95.7 Å². The molecule has 52 heavy (non-hydrogen) atoms. The average Bonchev–Trinajstić information content (AvgIpc) is 3.17. The van der Waals surface area contributed by atoms with Crippen LogP contribution in [0.2, 0.25) is 0 Å². The van der Waals surface area contributed by atoms with E-state index in [4.69, 9.17) is 5.73 Å². The van der Waals surface area contributed by atoms with E-state index >= 15 is 0 Å². The third-order valence-electron chi connectivity index (χ3n) is 9.87. The lowest BCUT2D eigenvalue weighted by atomic mass is 9.90. The van der Waals surface area contributed by atoms with Crippen LogP contribution in [0.3, 0.4) is 0 Å². The van der Waals surface area contributed by atoms with Crippen molar-refractivity contribution in [3.05, 3.63) is 144 Å². The van der Waals surface area contributed by atoms with E-state index in [9.17, 15) is 23.2 Å². The Bertz CT molecular complexity index is 1790. The molecule has 0 aliphatic heterocycles. The first-order valence-corrected chi connectivity index (χ1v) is 17.8. The minimum absolute atomic E-state index is 0.0702. The molecule has 9 heteroatoms. The Morgan fingerprint density at radius 3 is 1.92 bits per heavy atom. The Labute approximate surface area is 306 Å². The second kappa shape index (κ2) is 18.9. The van der Waals surface area contributed by atoms with Gasteiger partial charge in [0.15, 0.2) is 11.6 Å². The van der Waals surface area contributed by atoms with E-state index in [1.54, 1.807) is 13.1 Å². The van der Waals surface area contributed by atoms with Crippen LogP contribution in [0, 0.1) is 11.6 Å². The molecule has 0 aliphatic carbocycles. The highest BCUT2D eigenvalue weighted by molar-refractivity contribution is 5.95. The fraction of sp³-hybridized carbons (Fsp3) is 0.326. The zero-order valence-electron chi connectivity index (χ0n) is 30.5. The molecule has 0 saturated heterocycles. The third kappa shape index (κ3) is 10.9. The van der Waals surface area contributed by atoms with Gasteiger partial charge in [0.1, 0.15) is 12.1 Å². The van der Waals surface area contributed by atoms with E-state index in [0.29, 0.717) is 24.9 Å². The highest BCUT2D eigenvalue weighted by atomic mass is 19.2. The van der Waals surface area contributed by atoms with Gasteiger partial charge in [-0.1, -0.05) is 111 Å². The molecule has 274 valence electrons. The summed E-state index contributed by atoms with van der Waals surface area (Å²) >= 11 is 0. The summed E-state index contributed by atoms with van der Waals surface area (Å²) in [6, 6.07) is 28.7. The maximum Gasteiger partial charge on any atom is 0.246 e. The van der Waals surface area contributed by atoms with Crippen molar-refractivity contribution in [3.8, 4) is 11.1 Å². The molecule has 0 aromatic heterocycles. The molecule has 0 unspecified atom stereocenters. The Kier molecular flexibility index (Phi) is 14.4. The van der Waals surface area contributed by atoms with E-state index in [1.165, 1.54) is 29.0 Å². The molecular weight excluding hydrogens is 658 g/mol. The lowest BCUT2D eigenvalue weighted by Gasteiger charge is -2.34. The minimum Gasteiger partial charge on any atom is -0.354 e. The molecule has 3 N–H and O–H groups in total. The molecule has 4 rings (SSSR count). The van der Waals surface area contributed by atoms with Crippen LogP contribution in [0.5, 0.6) is 0 Å². The number of hydrogen-bond acceptors (Lipinski definition) is 4. The first kappa shape index (κ1) is 39.6. The number of nitrogens with zero attached hydrogens (tertiary/aromatic N) is 2. The van der Waals surface area contributed by atoms with E-state index in [0.717, 1.165) is 47.2 Å². The number of amides is 3. The summed E-state index contributed by atoms with van der Waals surface area (Å²) in [5, 5.41) is 2.92. The maximum atomic E-state index is 14.5. The molecule has 0 radical (unpaired) electrons. The normalized spacial score (nSPS) is 12.7. The fourth-order valence-electron chi connectivity index (χ4n) is 6.06. The van der Waals surface area contributed by atoms with Crippen LogP contribution < -0.4 is 11.1 Å². The lowest BCUT2D eigenvalue weighted by molar-refractivity contribution is -0.146. The summed E-state index contributed by atoms with van der Waals surface area (Å²) in [5.74, 6) is -3.36. The number of hydrogen-bond donors (Lipinski definition) is 2. The second-order valence-corrected chi connectivity index (χ2v) is 13.4. The molecule has 0 saturated carbocycles. The number of likely N-dealkylation sites (N-methyl/N-ethyl adjacent to an activating group) is 2. The Morgan fingerprint density at radius 2 is 1.31 bits per heavy atom. The molecule has 0 aliphatic rings. The van der Waals surface area contributed by atoms with Crippen LogP contribution >= 0.6 is 0 Å². The number of carbonyl (C=O) groups excluding carboxylic acids is 3. The van der Waals surface area contributed by atoms with Crippen LogP contribution in [-0.2, 0) is 33.6 Å². The first-order valence-electron chi connectivity index (χ1n) is 17.8.